The van der Waals surface area contributed by atoms with Gasteiger partial charge in [0.1, 0.15) is 0 Å². The number of anilines is 1. The van der Waals surface area contributed by atoms with E-state index in [-0.39, 0.29) is 10.8 Å². The van der Waals surface area contributed by atoms with Crippen LogP contribution >= 0.6 is 0 Å². The first-order chi connectivity index (χ1) is 10.1. The van der Waals surface area contributed by atoms with Gasteiger partial charge in [-0.05, 0) is 17.2 Å². The molecule has 2 nitrogen and oxygen atoms in total. The largest absolute Gasteiger partial charge is 0.358 e. The Morgan fingerprint density at radius 3 is 2.43 bits per heavy atom. The number of rotatable bonds is 1. The molecule has 0 bridgehead atoms. The van der Waals surface area contributed by atoms with E-state index in [1.165, 1.54) is 16.8 Å². The van der Waals surface area contributed by atoms with Crippen LogP contribution < -0.4 is 10.2 Å². The molecule has 1 unspecified atom stereocenters. The topological polar surface area (TPSA) is 15.3 Å². The van der Waals surface area contributed by atoms with Crippen molar-refractivity contribution in [3.63, 3.8) is 0 Å². The fourth-order valence-electron chi connectivity index (χ4n) is 4.53. The molecule has 0 radical (unpaired) electrons. The maximum atomic E-state index is 3.77. The van der Waals surface area contributed by atoms with Gasteiger partial charge in [-0.25, -0.2) is 0 Å². The van der Waals surface area contributed by atoms with Gasteiger partial charge in [0.25, 0.3) is 0 Å². The Kier molecular flexibility index (Phi) is 2.52. The van der Waals surface area contributed by atoms with Crippen molar-refractivity contribution < 1.29 is 0 Å². The molecule has 21 heavy (non-hydrogen) atoms. The van der Waals surface area contributed by atoms with E-state index in [0.29, 0.717) is 6.17 Å². The predicted octanol–water partition coefficient (Wildman–Crippen LogP) is 3.28. The Morgan fingerprint density at radius 1 is 1.00 bits per heavy atom. The van der Waals surface area contributed by atoms with Gasteiger partial charge in [0.05, 0.1) is 6.17 Å². The third kappa shape index (κ3) is 1.41. The molecule has 0 spiro atoms. The van der Waals surface area contributed by atoms with Gasteiger partial charge in [-0.3, -0.25) is 5.32 Å². The van der Waals surface area contributed by atoms with E-state index < -0.39 is 0 Å². The third-order valence-electron chi connectivity index (χ3n) is 5.98. The van der Waals surface area contributed by atoms with E-state index in [1.54, 1.807) is 0 Å². The summed E-state index contributed by atoms with van der Waals surface area (Å²) in [5.41, 5.74) is 4.43. The molecule has 108 valence electrons. The lowest BCUT2D eigenvalue weighted by molar-refractivity contribution is 0.302. The van der Waals surface area contributed by atoms with E-state index >= 15 is 0 Å². The number of likely N-dealkylation sites (N-methyl/N-ethyl adjacent to an activating group) is 1. The van der Waals surface area contributed by atoms with Crippen LogP contribution in [0, 0.1) is 0 Å². The van der Waals surface area contributed by atoms with Gasteiger partial charge >= 0.3 is 0 Å². The van der Waals surface area contributed by atoms with Crippen molar-refractivity contribution in [2.45, 2.75) is 30.8 Å². The normalized spacial score (nSPS) is 33.9. The Morgan fingerprint density at radius 2 is 1.67 bits per heavy atom. The van der Waals surface area contributed by atoms with Crippen molar-refractivity contribution >= 4 is 5.69 Å². The SMILES string of the molecule is CN1c2ccccc2[C@]2(C)C1NC[C@@]2(C)c1ccccc1. The second-order valence-corrected chi connectivity index (χ2v) is 6.81. The minimum atomic E-state index is 0.0830. The zero-order valence-corrected chi connectivity index (χ0v) is 12.9. The second kappa shape index (κ2) is 4.11. The van der Waals surface area contributed by atoms with Crippen molar-refractivity contribution in [2.24, 2.45) is 0 Å². The van der Waals surface area contributed by atoms with E-state index in [4.69, 9.17) is 0 Å². The lowest BCUT2D eigenvalue weighted by Gasteiger charge is -2.41. The minimum Gasteiger partial charge on any atom is -0.358 e. The van der Waals surface area contributed by atoms with Crippen molar-refractivity contribution in [1.29, 1.82) is 0 Å². The van der Waals surface area contributed by atoms with Gasteiger partial charge in [-0.2, -0.15) is 0 Å². The summed E-state index contributed by atoms with van der Waals surface area (Å²) in [5.74, 6) is 0. The molecule has 0 aliphatic carbocycles. The average molecular weight is 278 g/mol. The van der Waals surface area contributed by atoms with E-state index in [2.05, 4.69) is 85.7 Å². The highest BCUT2D eigenvalue weighted by atomic mass is 15.3. The molecule has 2 heteroatoms. The van der Waals surface area contributed by atoms with Crippen molar-refractivity contribution in [3.05, 3.63) is 65.7 Å². The Hall–Kier alpha value is -1.80. The molecule has 1 fully saturated rings. The van der Waals surface area contributed by atoms with Gasteiger partial charge in [0, 0.05) is 30.1 Å². The molecular weight excluding hydrogens is 256 g/mol. The molecule has 1 saturated heterocycles. The fraction of sp³-hybridized carbons (Fsp3) is 0.368. The van der Waals surface area contributed by atoms with Crippen molar-refractivity contribution in [3.8, 4) is 0 Å². The Balaban J connectivity index is 1.95. The van der Waals surface area contributed by atoms with E-state index in [9.17, 15) is 0 Å². The lowest BCUT2D eigenvalue weighted by atomic mass is 9.61. The Bertz CT molecular complexity index is 681. The summed E-state index contributed by atoms with van der Waals surface area (Å²) in [5, 5.41) is 3.77. The highest BCUT2D eigenvalue weighted by molar-refractivity contribution is 5.67. The number of benzene rings is 2. The standard InChI is InChI=1S/C19H22N2/c1-18(14-9-5-4-6-10-14)13-20-17-19(18,2)15-11-7-8-12-16(15)21(17)3/h4-12,17,20H,13H2,1-3H3/t17?,18-,19+/m0/s1. The summed E-state index contributed by atoms with van der Waals surface area (Å²) >= 11 is 0. The fourth-order valence-corrected chi connectivity index (χ4v) is 4.53. The molecule has 2 aliphatic heterocycles. The number of hydrogen-bond acceptors (Lipinski definition) is 2. The molecule has 1 N–H and O–H groups in total. The van der Waals surface area contributed by atoms with Crippen LogP contribution in [0.3, 0.4) is 0 Å². The van der Waals surface area contributed by atoms with E-state index in [0.717, 1.165) is 6.54 Å². The molecule has 4 rings (SSSR count). The van der Waals surface area contributed by atoms with Crippen LogP contribution in [0.5, 0.6) is 0 Å². The van der Waals surface area contributed by atoms with Crippen LogP contribution in [0.2, 0.25) is 0 Å². The second-order valence-electron chi connectivity index (χ2n) is 6.81. The van der Waals surface area contributed by atoms with Crippen LogP contribution in [0.15, 0.2) is 54.6 Å². The maximum Gasteiger partial charge on any atom is 0.0898 e. The van der Waals surface area contributed by atoms with Crippen LogP contribution in [0.4, 0.5) is 5.69 Å². The number of nitrogens with one attached hydrogen (secondary N) is 1. The summed E-state index contributed by atoms with van der Waals surface area (Å²) in [6.07, 6.45) is 0.361. The highest BCUT2D eigenvalue weighted by Gasteiger charge is 2.61. The van der Waals surface area contributed by atoms with Gasteiger partial charge in [-0.15, -0.1) is 0 Å². The van der Waals surface area contributed by atoms with Crippen molar-refractivity contribution in [2.75, 3.05) is 18.5 Å². The van der Waals surface area contributed by atoms with Gasteiger partial charge in [-0.1, -0.05) is 62.4 Å². The quantitative estimate of drug-likeness (QED) is 0.861. The predicted molar refractivity (Wildman–Crippen MR) is 87.8 cm³/mol. The van der Waals surface area contributed by atoms with Crippen LogP contribution in [-0.2, 0) is 10.8 Å². The van der Waals surface area contributed by atoms with Crippen LogP contribution in [-0.4, -0.2) is 19.8 Å². The Labute approximate surface area is 126 Å². The zero-order chi connectivity index (χ0) is 14.7. The van der Waals surface area contributed by atoms with Crippen molar-refractivity contribution in [1.82, 2.24) is 5.32 Å². The molecule has 3 atom stereocenters. The average Bonchev–Trinajstić information content (AvgIpc) is 2.93. The summed E-state index contributed by atoms with van der Waals surface area (Å²) < 4.78 is 0. The third-order valence-corrected chi connectivity index (χ3v) is 5.98. The summed E-state index contributed by atoms with van der Waals surface area (Å²) in [6.45, 7) is 5.84. The maximum absolute atomic E-state index is 3.77. The first-order valence-electron chi connectivity index (χ1n) is 7.70. The lowest BCUT2D eigenvalue weighted by Crippen LogP contribution is -2.49. The first-order valence-corrected chi connectivity index (χ1v) is 7.70. The van der Waals surface area contributed by atoms with Crippen LogP contribution in [0.1, 0.15) is 25.0 Å². The molecule has 2 aliphatic rings. The summed E-state index contributed by atoms with van der Waals surface area (Å²) in [7, 11) is 2.21. The smallest absolute Gasteiger partial charge is 0.0898 e. The monoisotopic (exact) mass is 278 g/mol. The highest BCUT2D eigenvalue weighted by Crippen LogP contribution is 2.56. The first kappa shape index (κ1) is 12.9. The molecule has 0 aromatic heterocycles. The summed E-state index contributed by atoms with van der Waals surface area (Å²) in [4.78, 5) is 2.41. The van der Waals surface area contributed by atoms with Gasteiger partial charge < -0.3 is 4.90 Å². The van der Waals surface area contributed by atoms with Gasteiger partial charge in [0.15, 0.2) is 0 Å². The zero-order valence-electron chi connectivity index (χ0n) is 12.9. The molecule has 0 amide bonds. The summed E-state index contributed by atoms with van der Waals surface area (Å²) in [6, 6.07) is 19.8. The number of nitrogens with zero attached hydrogens (tertiary/aromatic N) is 1. The molecular formula is C19H22N2. The number of fused-ring (bicyclic) bond motifs is 3. The molecule has 0 saturated carbocycles. The minimum absolute atomic E-state index is 0.0830. The van der Waals surface area contributed by atoms with Crippen LogP contribution in [0.25, 0.3) is 0 Å². The molecule has 2 heterocycles. The molecule has 2 aromatic carbocycles. The number of para-hydroxylation sites is 1. The number of hydrogen-bond donors (Lipinski definition) is 1. The van der Waals surface area contributed by atoms with Gasteiger partial charge in [0.2, 0.25) is 0 Å². The van der Waals surface area contributed by atoms with E-state index in [1.807, 2.05) is 0 Å². The molecule has 2 aromatic rings.